The predicted molar refractivity (Wildman–Crippen MR) is 44.9 cm³/mol. The van der Waals surface area contributed by atoms with E-state index in [1.807, 2.05) is 0 Å². The minimum absolute atomic E-state index is 0.0706. The summed E-state index contributed by atoms with van der Waals surface area (Å²) in [6, 6.07) is 0. The van der Waals surface area contributed by atoms with Crippen LogP contribution in [-0.4, -0.2) is 35.0 Å². The molecule has 1 rings (SSSR count). The minimum Gasteiger partial charge on any atom is -0.392 e. The monoisotopic (exact) mass is 186 g/mol. The topological polar surface area (TPSA) is 74.6 Å². The van der Waals surface area contributed by atoms with Crippen molar-refractivity contribution in [2.45, 2.75) is 25.6 Å². The van der Waals surface area contributed by atoms with Crippen molar-refractivity contribution in [2.75, 3.05) is 0 Å². The van der Waals surface area contributed by atoms with Crippen LogP contribution < -0.4 is 0 Å². The Bertz CT molecular complexity index is 184. The maximum atomic E-state index is 10.6. The third-order valence-corrected chi connectivity index (χ3v) is 2.82. The molecular weight excluding hydrogens is 172 g/mol. The first kappa shape index (κ1) is 10.3. The molecule has 1 aliphatic rings. The van der Waals surface area contributed by atoms with Gasteiger partial charge >= 0.3 is 0 Å². The zero-order chi connectivity index (χ0) is 10.0. The van der Waals surface area contributed by atoms with Crippen LogP contribution in [0, 0.1) is 17.8 Å². The van der Waals surface area contributed by atoms with E-state index >= 15 is 0 Å². The van der Waals surface area contributed by atoms with E-state index in [-0.39, 0.29) is 5.92 Å². The van der Waals surface area contributed by atoms with Gasteiger partial charge < -0.3 is 19.8 Å². The van der Waals surface area contributed by atoms with Crippen molar-refractivity contribution in [1.29, 1.82) is 0 Å². The Hall–Kier alpha value is -0.740. The average Bonchev–Trinajstić information content (AvgIpc) is 2.04. The van der Waals surface area contributed by atoms with Crippen molar-refractivity contribution in [1.82, 2.24) is 0 Å². The summed E-state index contributed by atoms with van der Waals surface area (Å²) in [5.41, 5.74) is 0. The fourth-order valence-electron chi connectivity index (χ4n) is 1.90. The van der Waals surface area contributed by atoms with Crippen molar-refractivity contribution in [3.05, 3.63) is 0 Å². The normalized spacial score (nSPS) is 45.6. The number of aliphatic hydroxyl groups excluding tert-OH is 2. The van der Waals surface area contributed by atoms with Crippen LogP contribution in [0.3, 0.4) is 0 Å². The van der Waals surface area contributed by atoms with Gasteiger partial charge in [-0.15, -0.1) is 0 Å². The molecule has 4 heteroatoms. The summed E-state index contributed by atoms with van der Waals surface area (Å²) in [5, 5.41) is 19.0. The number of rotatable bonds is 2. The van der Waals surface area contributed by atoms with E-state index in [1.165, 1.54) is 0 Å². The fraction of sp³-hybridized carbons (Fsp3) is 0.778. The summed E-state index contributed by atoms with van der Waals surface area (Å²) >= 11 is 0. The first-order valence-corrected chi connectivity index (χ1v) is 4.38. The SMILES string of the molecule is CC1CC(O)C(C=O)C(O)C1C=O. The van der Waals surface area contributed by atoms with E-state index in [2.05, 4.69) is 0 Å². The highest BCUT2D eigenvalue weighted by Crippen LogP contribution is 2.32. The predicted octanol–water partition coefficient (Wildman–Crippen LogP) is -0.622. The third kappa shape index (κ3) is 1.78. The lowest BCUT2D eigenvalue weighted by Crippen LogP contribution is -2.47. The molecule has 0 aromatic carbocycles. The average molecular weight is 186 g/mol. The van der Waals surface area contributed by atoms with Crippen molar-refractivity contribution < 1.29 is 19.8 Å². The van der Waals surface area contributed by atoms with E-state index < -0.39 is 24.0 Å². The van der Waals surface area contributed by atoms with Crippen molar-refractivity contribution in [3.63, 3.8) is 0 Å². The molecule has 0 bridgehead atoms. The Morgan fingerprint density at radius 2 is 1.69 bits per heavy atom. The Morgan fingerprint density at radius 1 is 1.15 bits per heavy atom. The molecule has 5 atom stereocenters. The summed E-state index contributed by atoms with van der Waals surface area (Å²) in [6.45, 7) is 1.78. The van der Waals surface area contributed by atoms with Gasteiger partial charge in [-0.25, -0.2) is 0 Å². The van der Waals surface area contributed by atoms with Crippen LogP contribution in [0.5, 0.6) is 0 Å². The van der Waals surface area contributed by atoms with Gasteiger partial charge in [0.25, 0.3) is 0 Å². The highest BCUT2D eigenvalue weighted by atomic mass is 16.3. The molecule has 0 heterocycles. The zero-order valence-electron chi connectivity index (χ0n) is 7.46. The molecule has 0 saturated heterocycles. The van der Waals surface area contributed by atoms with Gasteiger partial charge in [0.2, 0.25) is 0 Å². The molecule has 13 heavy (non-hydrogen) atoms. The molecule has 5 unspecified atom stereocenters. The van der Waals surface area contributed by atoms with Crippen LogP contribution in [-0.2, 0) is 9.59 Å². The largest absolute Gasteiger partial charge is 0.392 e. The molecule has 74 valence electrons. The van der Waals surface area contributed by atoms with Gasteiger partial charge in [-0.1, -0.05) is 6.92 Å². The van der Waals surface area contributed by atoms with Crippen LogP contribution in [0.1, 0.15) is 13.3 Å². The van der Waals surface area contributed by atoms with Gasteiger partial charge in [-0.2, -0.15) is 0 Å². The summed E-state index contributed by atoms with van der Waals surface area (Å²) < 4.78 is 0. The molecule has 0 spiro atoms. The van der Waals surface area contributed by atoms with Crippen molar-refractivity contribution in [3.8, 4) is 0 Å². The molecule has 1 saturated carbocycles. The van der Waals surface area contributed by atoms with E-state index in [9.17, 15) is 19.8 Å². The Labute approximate surface area is 76.6 Å². The smallest absolute Gasteiger partial charge is 0.128 e. The standard InChI is InChI=1S/C9H14O4/c1-5-2-8(12)7(4-11)9(13)6(5)3-10/h3-9,12-13H,2H2,1H3. The molecule has 0 aliphatic heterocycles. The minimum atomic E-state index is -1.03. The number of aldehydes is 2. The Kier molecular flexibility index (Phi) is 3.17. The van der Waals surface area contributed by atoms with E-state index in [4.69, 9.17) is 0 Å². The number of hydrogen-bond acceptors (Lipinski definition) is 4. The number of hydrogen-bond donors (Lipinski definition) is 2. The third-order valence-electron chi connectivity index (χ3n) is 2.82. The van der Waals surface area contributed by atoms with Gasteiger partial charge in [-0.05, 0) is 12.3 Å². The van der Waals surface area contributed by atoms with Crippen LogP contribution in [0.2, 0.25) is 0 Å². The lowest BCUT2D eigenvalue weighted by molar-refractivity contribution is -0.136. The lowest BCUT2D eigenvalue weighted by Gasteiger charge is -2.36. The van der Waals surface area contributed by atoms with Crippen LogP contribution >= 0.6 is 0 Å². The highest BCUT2D eigenvalue weighted by molar-refractivity contribution is 5.61. The molecule has 0 amide bonds. The zero-order valence-corrected chi connectivity index (χ0v) is 7.46. The van der Waals surface area contributed by atoms with Crippen LogP contribution in [0.4, 0.5) is 0 Å². The molecule has 0 radical (unpaired) electrons. The second-order valence-electron chi connectivity index (χ2n) is 3.70. The maximum Gasteiger partial charge on any atom is 0.128 e. The summed E-state index contributed by atoms with van der Waals surface area (Å²) in [7, 11) is 0. The fourth-order valence-corrected chi connectivity index (χ4v) is 1.90. The second kappa shape index (κ2) is 3.98. The van der Waals surface area contributed by atoms with Crippen molar-refractivity contribution >= 4 is 12.6 Å². The molecule has 0 aromatic heterocycles. The van der Waals surface area contributed by atoms with E-state index in [1.54, 1.807) is 6.92 Å². The molecule has 1 fully saturated rings. The van der Waals surface area contributed by atoms with Gasteiger partial charge in [-0.3, -0.25) is 0 Å². The summed E-state index contributed by atoms with van der Waals surface area (Å²) in [6.07, 6.45) is -0.272. The Balaban J connectivity index is 2.80. The lowest BCUT2D eigenvalue weighted by atomic mass is 9.72. The molecule has 4 nitrogen and oxygen atoms in total. The van der Waals surface area contributed by atoms with Crippen LogP contribution in [0.25, 0.3) is 0 Å². The Morgan fingerprint density at radius 3 is 2.15 bits per heavy atom. The van der Waals surface area contributed by atoms with Gasteiger partial charge in [0.1, 0.15) is 12.6 Å². The maximum absolute atomic E-state index is 10.6. The van der Waals surface area contributed by atoms with Gasteiger partial charge in [0, 0.05) is 5.92 Å². The molecule has 2 N–H and O–H groups in total. The van der Waals surface area contributed by atoms with Gasteiger partial charge in [0.15, 0.2) is 0 Å². The number of carbonyl (C=O) groups is 2. The number of carbonyl (C=O) groups excluding carboxylic acids is 2. The summed E-state index contributed by atoms with van der Waals surface area (Å²) in [5.74, 6) is -1.41. The molecular formula is C9H14O4. The quantitative estimate of drug-likeness (QED) is 0.563. The highest BCUT2D eigenvalue weighted by Gasteiger charge is 2.41. The van der Waals surface area contributed by atoms with Crippen molar-refractivity contribution in [2.24, 2.45) is 17.8 Å². The van der Waals surface area contributed by atoms with Gasteiger partial charge in [0.05, 0.1) is 18.1 Å². The first-order chi connectivity index (χ1) is 6.11. The molecule has 1 aliphatic carbocycles. The van der Waals surface area contributed by atoms with E-state index in [0.717, 1.165) is 0 Å². The second-order valence-corrected chi connectivity index (χ2v) is 3.70. The summed E-state index contributed by atoms with van der Waals surface area (Å²) in [4.78, 5) is 21.1. The van der Waals surface area contributed by atoms with Crippen LogP contribution in [0.15, 0.2) is 0 Å². The number of aliphatic hydroxyl groups is 2. The molecule has 0 aromatic rings. The first-order valence-electron chi connectivity index (χ1n) is 4.38. The van der Waals surface area contributed by atoms with E-state index in [0.29, 0.717) is 19.0 Å².